The summed E-state index contributed by atoms with van der Waals surface area (Å²) in [6.45, 7) is 3.27. The van der Waals surface area contributed by atoms with Gasteiger partial charge in [0.25, 0.3) is 5.69 Å². The molecular formula is C12H13NO6. The van der Waals surface area contributed by atoms with E-state index in [0.717, 1.165) is 12.1 Å². The molecule has 7 nitrogen and oxygen atoms in total. The highest BCUT2D eigenvalue weighted by Gasteiger charge is 2.26. The lowest BCUT2D eigenvalue weighted by Crippen LogP contribution is -2.20. The minimum atomic E-state index is -1.42. The molecule has 0 aliphatic carbocycles. The number of nitro groups is 1. The van der Waals surface area contributed by atoms with Gasteiger partial charge in [0.2, 0.25) is 0 Å². The molecule has 1 unspecified atom stereocenters. The first kappa shape index (κ1) is 14.8. The Bertz CT molecular complexity index is 511. The second-order valence-electron chi connectivity index (χ2n) is 4.09. The van der Waals surface area contributed by atoms with Crippen LogP contribution >= 0.6 is 0 Å². The molecule has 1 aromatic rings. The molecule has 1 atom stereocenters. The summed E-state index contributed by atoms with van der Waals surface area (Å²) < 4.78 is 5.19. The molecule has 0 saturated heterocycles. The molecule has 0 fully saturated rings. The van der Waals surface area contributed by atoms with E-state index < -0.39 is 23.1 Å². The predicted molar refractivity (Wildman–Crippen MR) is 65.1 cm³/mol. The lowest BCUT2D eigenvalue weighted by Gasteiger charge is -2.18. The number of non-ortho nitro benzene ring substituents is 1. The van der Waals surface area contributed by atoms with Crippen molar-refractivity contribution >= 4 is 17.9 Å². The monoisotopic (exact) mass is 267 g/mol. The lowest BCUT2D eigenvalue weighted by atomic mass is 10.0. The van der Waals surface area contributed by atoms with Crippen molar-refractivity contribution in [1.82, 2.24) is 0 Å². The van der Waals surface area contributed by atoms with E-state index in [2.05, 4.69) is 0 Å². The Hall–Kier alpha value is -2.28. The SMILES string of the molecule is CC(C)OC(C(=O)O)c1cc([N+](=O)[O-])ccc1C=O. The van der Waals surface area contributed by atoms with Gasteiger partial charge in [-0.15, -0.1) is 0 Å². The Morgan fingerprint density at radius 3 is 2.53 bits per heavy atom. The van der Waals surface area contributed by atoms with Gasteiger partial charge in [0.15, 0.2) is 6.10 Å². The van der Waals surface area contributed by atoms with E-state index in [4.69, 9.17) is 9.84 Å². The topological polar surface area (TPSA) is 107 Å². The summed E-state index contributed by atoms with van der Waals surface area (Å²) in [4.78, 5) is 32.1. The maximum atomic E-state index is 11.2. The molecule has 0 radical (unpaired) electrons. The van der Waals surface area contributed by atoms with Crippen LogP contribution in [0.25, 0.3) is 0 Å². The van der Waals surface area contributed by atoms with Crippen molar-refractivity contribution in [2.45, 2.75) is 26.1 Å². The molecule has 1 rings (SSSR count). The minimum absolute atomic E-state index is 0.0228. The maximum Gasteiger partial charge on any atom is 0.337 e. The van der Waals surface area contributed by atoms with Crippen LogP contribution in [0.5, 0.6) is 0 Å². The quantitative estimate of drug-likeness (QED) is 0.479. The van der Waals surface area contributed by atoms with Crippen LogP contribution in [-0.2, 0) is 9.53 Å². The van der Waals surface area contributed by atoms with Crippen LogP contribution in [-0.4, -0.2) is 28.4 Å². The number of hydrogen-bond acceptors (Lipinski definition) is 5. The number of benzene rings is 1. The smallest absolute Gasteiger partial charge is 0.337 e. The molecule has 0 aliphatic heterocycles. The van der Waals surface area contributed by atoms with Gasteiger partial charge in [-0.3, -0.25) is 14.9 Å². The predicted octanol–water partition coefficient (Wildman–Crippen LogP) is 1.96. The fourth-order valence-corrected chi connectivity index (χ4v) is 1.55. The molecule has 7 heteroatoms. The number of aliphatic carboxylic acids is 1. The summed E-state index contributed by atoms with van der Waals surface area (Å²) in [5, 5.41) is 19.8. The van der Waals surface area contributed by atoms with Crippen LogP contribution < -0.4 is 0 Å². The highest BCUT2D eigenvalue weighted by molar-refractivity contribution is 5.83. The van der Waals surface area contributed by atoms with E-state index in [1.54, 1.807) is 13.8 Å². The molecule has 1 N–H and O–H groups in total. The normalized spacial score (nSPS) is 12.2. The Morgan fingerprint density at radius 2 is 2.11 bits per heavy atom. The van der Waals surface area contributed by atoms with Gasteiger partial charge in [-0.1, -0.05) is 0 Å². The highest BCUT2D eigenvalue weighted by Crippen LogP contribution is 2.26. The molecule has 1 aromatic carbocycles. The summed E-state index contributed by atoms with van der Waals surface area (Å²) in [5.74, 6) is -1.31. The van der Waals surface area contributed by atoms with Crippen LogP contribution in [0, 0.1) is 10.1 Å². The van der Waals surface area contributed by atoms with E-state index in [1.165, 1.54) is 6.07 Å². The molecule has 0 saturated carbocycles. The van der Waals surface area contributed by atoms with Crippen molar-refractivity contribution in [3.05, 3.63) is 39.4 Å². The zero-order valence-corrected chi connectivity index (χ0v) is 10.4. The lowest BCUT2D eigenvalue weighted by molar-refractivity contribution is -0.385. The standard InChI is InChI=1S/C12H13NO6/c1-7(2)19-11(12(15)16)10-5-9(13(17)18)4-3-8(10)6-14/h3-7,11H,1-2H3,(H,15,16). The van der Waals surface area contributed by atoms with Crippen molar-refractivity contribution < 1.29 is 24.4 Å². The molecule has 0 bridgehead atoms. The molecule has 19 heavy (non-hydrogen) atoms. The number of nitro benzene ring substituents is 1. The summed E-state index contributed by atoms with van der Waals surface area (Å²) in [6, 6.07) is 3.40. The Morgan fingerprint density at radius 1 is 1.47 bits per heavy atom. The Kier molecular flexibility index (Phi) is 4.71. The third-order valence-electron chi connectivity index (χ3n) is 2.32. The maximum absolute atomic E-state index is 11.2. The van der Waals surface area contributed by atoms with Crippen molar-refractivity contribution in [3.8, 4) is 0 Å². The minimum Gasteiger partial charge on any atom is -0.479 e. The fraction of sp³-hybridized carbons (Fsp3) is 0.333. The summed E-state index contributed by atoms with van der Waals surface area (Å²) >= 11 is 0. The second kappa shape index (κ2) is 6.05. The average molecular weight is 267 g/mol. The molecule has 0 spiro atoms. The number of ether oxygens (including phenoxy) is 1. The van der Waals surface area contributed by atoms with E-state index in [9.17, 15) is 19.7 Å². The number of carboxylic acid groups (broad SMARTS) is 1. The molecule has 0 aromatic heterocycles. The van der Waals surface area contributed by atoms with E-state index in [0.29, 0.717) is 6.29 Å². The van der Waals surface area contributed by atoms with Crippen LogP contribution in [0.4, 0.5) is 5.69 Å². The number of rotatable bonds is 6. The number of nitrogens with zero attached hydrogens (tertiary/aromatic N) is 1. The molecule has 102 valence electrons. The number of hydrogen-bond donors (Lipinski definition) is 1. The zero-order chi connectivity index (χ0) is 14.6. The summed E-state index contributed by atoms with van der Waals surface area (Å²) in [5.41, 5.74) is -0.261. The van der Waals surface area contributed by atoms with Gasteiger partial charge in [0.1, 0.15) is 6.29 Å². The first-order chi connectivity index (χ1) is 8.86. The van der Waals surface area contributed by atoms with E-state index in [-0.39, 0.29) is 16.8 Å². The molecule has 0 aliphatic rings. The van der Waals surface area contributed by atoms with Crippen molar-refractivity contribution in [3.63, 3.8) is 0 Å². The van der Waals surface area contributed by atoms with Gasteiger partial charge in [-0.25, -0.2) is 4.79 Å². The van der Waals surface area contributed by atoms with Gasteiger partial charge in [-0.05, 0) is 19.9 Å². The van der Waals surface area contributed by atoms with Crippen molar-refractivity contribution in [2.24, 2.45) is 0 Å². The van der Waals surface area contributed by atoms with Gasteiger partial charge in [0, 0.05) is 23.3 Å². The van der Waals surface area contributed by atoms with Crippen LogP contribution in [0.2, 0.25) is 0 Å². The van der Waals surface area contributed by atoms with Crippen LogP contribution in [0.15, 0.2) is 18.2 Å². The second-order valence-corrected chi connectivity index (χ2v) is 4.09. The number of carboxylic acids is 1. The molecular weight excluding hydrogens is 254 g/mol. The van der Waals surface area contributed by atoms with Crippen LogP contribution in [0.3, 0.4) is 0 Å². The Labute approximate surface area is 109 Å². The highest BCUT2D eigenvalue weighted by atomic mass is 16.6. The first-order valence-corrected chi connectivity index (χ1v) is 5.48. The number of aldehydes is 1. The average Bonchev–Trinajstić information content (AvgIpc) is 2.34. The van der Waals surface area contributed by atoms with Crippen molar-refractivity contribution in [2.75, 3.05) is 0 Å². The van der Waals surface area contributed by atoms with Crippen molar-refractivity contribution in [1.29, 1.82) is 0 Å². The third kappa shape index (κ3) is 3.59. The number of carbonyl (C=O) groups excluding carboxylic acids is 1. The van der Waals surface area contributed by atoms with Crippen LogP contribution in [0.1, 0.15) is 35.9 Å². The largest absolute Gasteiger partial charge is 0.479 e. The number of carbonyl (C=O) groups is 2. The Balaban J connectivity index is 3.33. The van der Waals surface area contributed by atoms with Gasteiger partial charge < -0.3 is 9.84 Å². The summed E-state index contributed by atoms with van der Waals surface area (Å²) in [6.07, 6.45) is -1.38. The van der Waals surface area contributed by atoms with Gasteiger partial charge in [-0.2, -0.15) is 0 Å². The zero-order valence-electron chi connectivity index (χ0n) is 10.4. The van der Waals surface area contributed by atoms with Gasteiger partial charge >= 0.3 is 5.97 Å². The molecule has 0 heterocycles. The third-order valence-corrected chi connectivity index (χ3v) is 2.32. The molecule has 0 amide bonds. The van der Waals surface area contributed by atoms with Gasteiger partial charge in [0.05, 0.1) is 11.0 Å². The van der Waals surface area contributed by atoms with E-state index >= 15 is 0 Å². The summed E-state index contributed by atoms with van der Waals surface area (Å²) in [7, 11) is 0. The van der Waals surface area contributed by atoms with E-state index in [1.807, 2.05) is 0 Å². The first-order valence-electron chi connectivity index (χ1n) is 5.48. The fourth-order valence-electron chi connectivity index (χ4n) is 1.55.